The van der Waals surface area contributed by atoms with Crippen LogP contribution in [0.3, 0.4) is 0 Å². The van der Waals surface area contributed by atoms with Gasteiger partial charge in [0.25, 0.3) is 0 Å². The number of hydrogen-bond acceptors (Lipinski definition) is 2. The molecule has 1 unspecified atom stereocenters. The maximum atomic E-state index is 13.0. The SMILES string of the molecule is O=C(O)CCCCC(=O)NC(c1ccc(F)cc1)C1CCC1. The molecule has 0 radical (unpaired) electrons. The minimum absolute atomic E-state index is 0.0633. The Bertz CT molecular complexity index is 511. The Kier molecular flexibility index (Phi) is 5.92. The molecule has 1 aromatic carbocycles. The number of halogens is 1. The lowest BCUT2D eigenvalue weighted by atomic mass is 9.77. The molecule has 2 N–H and O–H groups in total. The lowest BCUT2D eigenvalue weighted by Crippen LogP contribution is -2.36. The lowest BCUT2D eigenvalue weighted by Gasteiger charge is -2.34. The number of rotatable bonds is 8. The number of carbonyl (C=O) groups excluding carboxylic acids is 1. The molecule has 0 heterocycles. The van der Waals surface area contributed by atoms with Crippen molar-refractivity contribution in [2.45, 2.75) is 51.0 Å². The van der Waals surface area contributed by atoms with E-state index < -0.39 is 5.97 Å². The number of benzene rings is 1. The van der Waals surface area contributed by atoms with Gasteiger partial charge in [-0.25, -0.2) is 4.39 Å². The second-order valence-corrected chi connectivity index (χ2v) is 5.89. The van der Waals surface area contributed by atoms with Gasteiger partial charge in [0, 0.05) is 12.8 Å². The van der Waals surface area contributed by atoms with E-state index in [9.17, 15) is 14.0 Å². The van der Waals surface area contributed by atoms with E-state index in [1.165, 1.54) is 12.1 Å². The standard InChI is InChI=1S/C17H22FNO3/c18-14-10-8-13(9-11-14)17(12-4-3-5-12)19-15(20)6-1-2-7-16(21)22/h8-12,17H,1-7H2,(H,19,20)(H,21,22). The predicted molar refractivity (Wildman–Crippen MR) is 80.7 cm³/mol. The first-order valence-corrected chi connectivity index (χ1v) is 7.83. The number of hydrogen-bond donors (Lipinski definition) is 2. The molecule has 1 saturated carbocycles. The molecular formula is C17H22FNO3. The van der Waals surface area contributed by atoms with E-state index in [0.717, 1.165) is 24.8 Å². The molecule has 1 aliphatic rings. The van der Waals surface area contributed by atoms with E-state index in [-0.39, 0.29) is 24.2 Å². The quantitative estimate of drug-likeness (QED) is 0.723. The van der Waals surface area contributed by atoms with E-state index in [2.05, 4.69) is 5.32 Å². The van der Waals surface area contributed by atoms with Gasteiger partial charge in [0.2, 0.25) is 5.91 Å². The Hall–Kier alpha value is -1.91. The van der Waals surface area contributed by atoms with Crippen molar-refractivity contribution in [2.75, 3.05) is 0 Å². The summed E-state index contributed by atoms with van der Waals surface area (Å²) in [6.07, 6.45) is 4.81. The Morgan fingerprint density at radius 3 is 2.36 bits per heavy atom. The van der Waals surface area contributed by atoms with Crippen molar-refractivity contribution < 1.29 is 19.1 Å². The Morgan fingerprint density at radius 2 is 1.82 bits per heavy atom. The molecule has 1 amide bonds. The van der Waals surface area contributed by atoms with Gasteiger partial charge in [-0.2, -0.15) is 0 Å². The number of unbranched alkanes of at least 4 members (excludes halogenated alkanes) is 1. The summed E-state index contributed by atoms with van der Waals surface area (Å²) in [5.74, 6) is -0.768. The number of aliphatic carboxylic acids is 1. The molecule has 0 spiro atoms. The highest BCUT2D eigenvalue weighted by atomic mass is 19.1. The molecular weight excluding hydrogens is 285 g/mol. The fourth-order valence-electron chi connectivity index (χ4n) is 2.72. The van der Waals surface area contributed by atoms with E-state index in [1.807, 2.05) is 0 Å². The third-order valence-electron chi connectivity index (χ3n) is 4.21. The van der Waals surface area contributed by atoms with Gasteiger partial charge in [0.1, 0.15) is 5.82 Å². The van der Waals surface area contributed by atoms with Crippen LogP contribution in [0, 0.1) is 11.7 Å². The minimum Gasteiger partial charge on any atom is -0.481 e. The van der Waals surface area contributed by atoms with Crippen LogP contribution in [0.25, 0.3) is 0 Å². The molecule has 1 atom stereocenters. The molecule has 0 aliphatic heterocycles. The van der Waals surface area contributed by atoms with E-state index in [0.29, 0.717) is 25.2 Å². The fraction of sp³-hybridized carbons (Fsp3) is 0.529. The summed E-state index contributed by atoms with van der Waals surface area (Å²) in [4.78, 5) is 22.5. The molecule has 2 rings (SSSR count). The molecule has 120 valence electrons. The first-order chi connectivity index (χ1) is 10.6. The normalized spacial score (nSPS) is 15.9. The average molecular weight is 307 g/mol. The largest absolute Gasteiger partial charge is 0.481 e. The van der Waals surface area contributed by atoms with Gasteiger partial charge >= 0.3 is 5.97 Å². The Labute approximate surface area is 129 Å². The maximum Gasteiger partial charge on any atom is 0.303 e. The van der Waals surface area contributed by atoms with Gasteiger partial charge in [0.15, 0.2) is 0 Å². The van der Waals surface area contributed by atoms with Gasteiger partial charge < -0.3 is 10.4 Å². The summed E-state index contributed by atoms with van der Waals surface area (Å²) >= 11 is 0. The molecule has 5 heteroatoms. The highest BCUT2D eigenvalue weighted by Crippen LogP contribution is 2.37. The molecule has 1 aliphatic carbocycles. The van der Waals surface area contributed by atoms with Crippen molar-refractivity contribution in [3.8, 4) is 0 Å². The molecule has 0 aromatic heterocycles. The summed E-state index contributed by atoms with van der Waals surface area (Å²) in [5, 5.41) is 11.6. The third-order valence-corrected chi connectivity index (χ3v) is 4.21. The minimum atomic E-state index is -0.834. The summed E-state index contributed by atoms with van der Waals surface area (Å²) in [6.45, 7) is 0. The number of carbonyl (C=O) groups is 2. The highest BCUT2D eigenvalue weighted by Gasteiger charge is 2.29. The zero-order valence-corrected chi connectivity index (χ0v) is 12.6. The number of carboxylic acids is 1. The van der Waals surface area contributed by atoms with Crippen molar-refractivity contribution >= 4 is 11.9 Å². The lowest BCUT2D eigenvalue weighted by molar-refractivity contribution is -0.137. The molecule has 0 saturated heterocycles. The average Bonchev–Trinajstić information content (AvgIpc) is 2.42. The van der Waals surface area contributed by atoms with Crippen LogP contribution in [0.4, 0.5) is 4.39 Å². The predicted octanol–water partition coefficient (Wildman–Crippen LogP) is 3.43. The first-order valence-electron chi connectivity index (χ1n) is 7.83. The van der Waals surface area contributed by atoms with Crippen molar-refractivity contribution in [3.63, 3.8) is 0 Å². The zero-order chi connectivity index (χ0) is 15.9. The van der Waals surface area contributed by atoms with Crippen molar-refractivity contribution in [1.29, 1.82) is 0 Å². The Balaban J connectivity index is 1.88. The van der Waals surface area contributed by atoms with Crippen LogP contribution in [0.2, 0.25) is 0 Å². The molecule has 22 heavy (non-hydrogen) atoms. The van der Waals surface area contributed by atoms with Crippen LogP contribution in [-0.2, 0) is 9.59 Å². The summed E-state index contributed by atoms with van der Waals surface area (Å²) in [5.41, 5.74) is 0.935. The van der Waals surface area contributed by atoms with Crippen LogP contribution in [0.1, 0.15) is 56.6 Å². The van der Waals surface area contributed by atoms with Gasteiger partial charge in [-0.1, -0.05) is 18.6 Å². The van der Waals surface area contributed by atoms with Crippen LogP contribution in [0.5, 0.6) is 0 Å². The van der Waals surface area contributed by atoms with Crippen LogP contribution >= 0.6 is 0 Å². The third kappa shape index (κ3) is 4.83. The smallest absolute Gasteiger partial charge is 0.303 e. The number of amides is 1. The second-order valence-electron chi connectivity index (χ2n) is 5.89. The van der Waals surface area contributed by atoms with E-state index in [1.54, 1.807) is 12.1 Å². The number of carboxylic acid groups (broad SMARTS) is 1. The van der Waals surface area contributed by atoms with E-state index in [4.69, 9.17) is 5.11 Å². The highest BCUT2D eigenvalue weighted by molar-refractivity contribution is 5.76. The number of nitrogens with one attached hydrogen (secondary N) is 1. The molecule has 0 bridgehead atoms. The van der Waals surface area contributed by atoms with Gasteiger partial charge in [-0.3, -0.25) is 9.59 Å². The van der Waals surface area contributed by atoms with Crippen LogP contribution in [-0.4, -0.2) is 17.0 Å². The van der Waals surface area contributed by atoms with Gasteiger partial charge in [-0.05, 0) is 49.3 Å². The summed E-state index contributed by atoms with van der Waals surface area (Å²) in [6, 6.07) is 6.22. The topological polar surface area (TPSA) is 66.4 Å². The van der Waals surface area contributed by atoms with Crippen molar-refractivity contribution in [1.82, 2.24) is 5.32 Å². The Morgan fingerprint density at radius 1 is 1.18 bits per heavy atom. The van der Waals surface area contributed by atoms with Crippen LogP contribution < -0.4 is 5.32 Å². The second kappa shape index (κ2) is 7.92. The van der Waals surface area contributed by atoms with Crippen molar-refractivity contribution in [2.24, 2.45) is 5.92 Å². The van der Waals surface area contributed by atoms with Crippen molar-refractivity contribution in [3.05, 3.63) is 35.6 Å². The van der Waals surface area contributed by atoms with E-state index >= 15 is 0 Å². The van der Waals surface area contributed by atoms with Gasteiger partial charge in [0.05, 0.1) is 6.04 Å². The first kappa shape index (κ1) is 16.5. The zero-order valence-electron chi connectivity index (χ0n) is 12.6. The van der Waals surface area contributed by atoms with Crippen LogP contribution in [0.15, 0.2) is 24.3 Å². The summed E-state index contributed by atoms with van der Waals surface area (Å²) < 4.78 is 13.0. The summed E-state index contributed by atoms with van der Waals surface area (Å²) in [7, 11) is 0. The molecule has 1 fully saturated rings. The fourth-order valence-corrected chi connectivity index (χ4v) is 2.72. The monoisotopic (exact) mass is 307 g/mol. The molecule has 4 nitrogen and oxygen atoms in total. The van der Waals surface area contributed by atoms with Gasteiger partial charge in [-0.15, -0.1) is 0 Å². The molecule has 1 aromatic rings. The maximum absolute atomic E-state index is 13.0.